The van der Waals surface area contributed by atoms with Crippen molar-refractivity contribution in [1.29, 1.82) is 0 Å². The highest BCUT2D eigenvalue weighted by Gasteiger charge is 2.24. The number of sulfonamides is 1. The summed E-state index contributed by atoms with van der Waals surface area (Å²) >= 11 is 5.75. The third-order valence-electron chi connectivity index (χ3n) is 4.03. The largest absolute Gasteiger partial charge is 0.469 e. The number of ether oxygens (including phenoxy) is 1. The molecule has 0 spiro atoms. The predicted octanol–water partition coefficient (Wildman–Crippen LogP) is 2.67. The molecule has 9 nitrogen and oxygen atoms in total. The lowest BCUT2D eigenvalue weighted by Crippen LogP contribution is -2.36. The zero-order valence-corrected chi connectivity index (χ0v) is 17.0. The molecule has 0 atom stereocenters. The number of esters is 1. The van der Waals surface area contributed by atoms with Gasteiger partial charge in [-0.1, -0.05) is 23.7 Å². The Labute approximate surface area is 175 Å². The molecule has 1 aromatic heterocycles. The van der Waals surface area contributed by atoms with Crippen LogP contribution < -0.4 is 15.5 Å². The van der Waals surface area contributed by atoms with Crippen LogP contribution in [0.5, 0.6) is 0 Å². The van der Waals surface area contributed by atoms with E-state index in [0.29, 0.717) is 16.3 Å². The molecule has 3 rings (SSSR count). The SMILES string of the molecule is COC(=O)Cc1cccc2c(=O)c(S(=O)(=O)NC(=O)Nc3ccc(Cl)cc3)coc12. The van der Waals surface area contributed by atoms with E-state index in [9.17, 15) is 22.8 Å². The van der Waals surface area contributed by atoms with E-state index in [4.69, 9.17) is 16.0 Å². The third-order valence-corrected chi connectivity index (χ3v) is 5.60. The fraction of sp³-hybridized carbons (Fsp3) is 0.105. The number of carbonyl (C=O) groups is 2. The molecule has 3 aromatic rings. The highest BCUT2D eigenvalue weighted by Crippen LogP contribution is 2.19. The molecule has 11 heteroatoms. The van der Waals surface area contributed by atoms with Crippen LogP contribution in [0.4, 0.5) is 10.5 Å². The summed E-state index contributed by atoms with van der Waals surface area (Å²) in [5.74, 6) is -0.553. The first-order chi connectivity index (χ1) is 14.2. The summed E-state index contributed by atoms with van der Waals surface area (Å²) in [7, 11) is -3.32. The Morgan fingerprint density at radius 1 is 1.13 bits per heavy atom. The van der Waals surface area contributed by atoms with E-state index in [0.717, 1.165) is 6.26 Å². The molecule has 0 unspecified atom stereocenters. The Bertz CT molecular complexity index is 1280. The number of hydrogen-bond acceptors (Lipinski definition) is 7. The zero-order chi connectivity index (χ0) is 21.9. The summed E-state index contributed by atoms with van der Waals surface area (Å²) in [4.78, 5) is 35.5. The molecule has 1 heterocycles. The first-order valence-corrected chi connectivity index (χ1v) is 10.3. The number of urea groups is 1. The number of carbonyl (C=O) groups excluding carboxylic acids is 2. The highest BCUT2D eigenvalue weighted by atomic mass is 35.5. The van der Waals surface area contributed by atoms with Gasteiger partial charge in [-0.2, -0.15) is 0 Å². The molecule has 2 amide bonds. The number of benzene rings is 2. The van der Waals surface area contributed by atoms with Crippen molar-refractivity contribution in [3.63, 3.8) is 0 Å². The summed E-state index contributed by atoms with van der Waals surface area (Å²) in [6, 6.07) is 9.28. The molecule has 156 valence electrons. The monoisotopic (exact) mass is 450 g/mol. The lowest BCUT2D eigenvalue weighted by molar-refractivity contribution is -0.139. The Morgan fingerprint density at radius 2 is 1.83 bits per heavy atom. The van der Waals surface area contributed by atoms with Gasteiger partial charge < -0.3 is 14.5 Å². The van der Waals surface area contributed by atoms with Crippen LogP contribution in [-0.4, -0.2) is 27.5 Å². The summed E-state index contributed by atoms with van der Waals surface area (Å²) in [5.41, 5.74) is -0.175. The predicted molar refractivity (Wildman–Crippen MR) is 109 cm³/mol. The van der Waals surface area contributed by atoms with Crippen LogP contribution in [-0.2, 0) is 26.0 Å². The van der Waals surface area contributed by atoms with Gasteiger partial charge in [0, 0.05) is 16.3 Å². The standard InChI is InChI=1S/C19H15ClN2O7S/c1-28-16(23)9-11-3-2-4-14-17(24)15(10-29-18(11)14)30(26,27)22-19(25)21-13-7-5-12(20)6-8-13/h2-8,10H,9H2,1H3,(H2,21,22,25). The van der Waals surface area contributed by atoms with E-state index >= 15 is 0 Å². The van der Waals surface area contributed by atoms with E-state index < -0.39 is 32.3 Å². The molecule has 0 saturated heterocycles. The lowest BCUT2D eigenvalue weighted by Gasteiger charge is -2.09. The molecule has 0 radical (unpaired) electrons. The van der Waals surface area contributed by atoms with Crippen molar-refractivity contribution in [2.24, 2.45) is 0 Å². The number of nitrogens with one attached hydrogen (secondary N) is 2. The number of rotatable bonds is 5. The van der Waals surface area contributed by atoms with Crippen molar-refractivity contribution in [3.8, 4) is 0 Å². The molecule has 0 aliphatic rings. The van der Waals surface area contributed by atoms with Gasteiger partial charge in [-0.05, 0) is 30.3 Å². The molecular formula is C19H15ClN2O7S. The first-order valence-electron chi connectivity index (χ1n) is 8.41. The van der Waals surface area contributed by atoms with Crippen LogP contribution in [0.2, 0.25) is 5.02 Å². The Hall–Kier alpha value is -3.37. The van der Waals surface area contributed by atoms with Crippen LogP contribution in [0.25, 0.3) is 11.0 Å². The smallest absolute Gasteiger partial charge is 0.333 e. The minimum absolute atomic E-state index is 0.0532. The highest BCUT2D eigenvalue weighted by molar-refractivity contribution is 7.90. The second-order valence-electron chi connectivity index (χ2n) is 6.04. The van der Waals surface area contributed by atoms with Crippen LogP contribution in [0.15, 0.2) is 62.8 Å². The van der Waals surface area contributed by atoms with Gasteiger partial charge in [0.1, 0.15) is 11.8 Å². The van der Waals surface area contributed by atoms with Gasteiger partial charge in [0.2, 0.25) is 5.43 Å². The van der Waals surface area contributed by atoms with Crippen molar-refractivity contribution in [2.75, 3.05) is 12.4 Å². The maximum atomic E-state index is 12.7. The summed E-state index contributed by atoms with van der Waals surface area (Å²) in [6.07, 6.45) is 0.563. The maximum Gasteiger partial charge on any atom is 0.333 e. The molecule has 2 aromatic carbocycles. The van der Waals surface area contributed by atoms with E-state index in [1.54, 1.807) is 10.8 Å². The fourth-order valence-corrected chi connectivity index (χ4v) is 3.68. The number of hydrogen-bond donors (Lipinski definition) is 2. The first kappa shape index (κ1) is 21.3. The van der Waals surface area contributed by atoms with Gasteiger partial charge in [0.05, 0.1) is 18.9 Å². The van der Waals surface area contributed by atoms with Crippen LogP contribution in [0, 0.1) is 0 Å². The van der Waals surface area contributed by atoms with Gasteiger partial charge in [0.25, 0.3) is 10.0 Å². The molecule has 2 N–H and O–H groups in total. The van der Waals surface area contributed by atoms with E-state index in [-0.39, 0.29) is 17.4 Å². The average Bonchev–Trinajstić information content (AvgIpc) is 2.69. The van der Waals surface area contributed by atoms with Gasteiger partial charge in [-0.25, -0.2) is 17.9 Å². The van der Waals surface area contributed by atoms with Crippen molar-refractivity contribution in [1.82, 2.24) is 4.72 Å². The topological polar surface area (TPSA) is 132 Å². The molecule has 0 saturated carbocycles. The summed E-state index contributed by atoms with van der Waals surface area (Å²) in [6.45, 7) is 0. The van der Waals surface area contributed by atoms with Gasteiger partial charge >= 0.3 is 12.0 Å². The third kappa shape index (κ3) is 4.61. The van der Waals surface area contributed by atoms with E-state index in [1.165, 1.54) is 43.5 Å². The number of halogens is 1. The average molecular weight is 451 g/mol. The number of methoxy groups -OCH3 is 1. The zero-order valence-electron chi connectivity index (χ0n) is 15.5. The van der Waals surface area contributed by atoms with Crippen LogP contribution >= 0.6 is 11.6 Å². The molecule has 30 heavy (non-hydrogen) atoms. The van der Waals surface area contributed by atoms with E-state index in [2.05, 4.69) is 10.1 Å². The van der Waals surface area contributed by atoms with Crippen molar-refractivity contribution >= 4 is 50.3 Å². The molecule has 0 aliphatic carbocycles. The Kier molecular flexibility index (Phi) is 6.09. The summed E-state index contributed by atoms with van der Waals surface area (Å²) < 4.78 is 36.7. The lowest BCUT2D eigenvalue weighted by atomic mass is 10.1. The molecular weight excluding hydrogens is 436 g/mol. The van der Waals surface area contributed by atoms with Crippen molar-refractivity contribution in [3.05, 3.63) is 69.5 Å². The number of amides is 2. The van der Waals surface area contributed by atoms with Crippen LogP contribution in [0.3, 0.4) is 0 Å². The van der Waals surface area contributed by atoms with Crippen molar-refractivity contribution in [2.45, 2.75) is 11.3 Å². The minimum Gasteiger partial charge on any atom is -0.469 e. The second kappa shape index (κ2) is 8.56. The normalized spacial score (nSPS) is 11.1. The maximum absolute atomic E-state index is 12.7. The van der Waals surface area contributed by atoms with Gasteiger partial charge in [-0.3, -0.25) is 9.59 Å². The quantitative estimate of drug-likeness (QED) is 0.571. The molecule has 0 bridgehead atoms. The number of fused-ring (bicyclic) bond motifs is 1. The summed E-state index contributed by atoms with van der Waals surface area (Å²) in [5, 5.41) is 2.70. The minimum atomic E-state index is -4.54. The van der Waals surface area contributed by atoms with Crippen molar-refractivity contribution < 1.29 is 27.2 Å². The van der Waals surface area contributed by atoms with E-state index in [1.807, 2.05) is 0 Å². The Morgan fingerprint density at radius 3 is 2.50 bits per heavy atom. The molecule has 0 fully saturated rings. The second-order valence-corrected chi connectivity index (χ2v) is 8.13. The van der Waals surface area contributed by atoms with Gasteiger partial charge in [0.15, 0.2) is 4.90 Å². The number of anilines is 1. The number of para-hydroxylation sites is 1. The fourth-order valence-electron chi connectivity index (χ4n) is 2.62. The molecule has 0 aliphatic heterocycles. The Balaban J connectivity index is 1.90. The van der Waals surface area contributed by atoms with Gasteiger partial charge in [-0.15, -0.1) is 0 Å². The van der Waals surface area contributed by atoms with Crippen LogP contribution in [0.1, 0.15) is 5.56 Å².